The van der Waals surface area contributed by atoms with Gasteiger partial charge in [-0.05, 0) is 62.6 Å². The highest BCUT2D eigenvalue weighted by Gasteiger charge is 2.29. The van der Waals surface area contributed by atoms with E-state index in [4.69, 9.17) is 0 Å². The minimum absolute atomic E-state index is 0.126. The van der Waals surface area contributed by atoms with Gasteiger partial charge < -0.3 is 10.2 Å². The number of carbonyl (C=O) groups excluding carboxylic acids is 1. The molecule has 1 saturated heterocycles. The Morgan fingerprint density at radius 1 is 1.07 bits per heavy atom. The molecule has 29 heavy (non-hydrogen) atoms. The molecule has 1 aliphatic rings. The number of nitrogens with one attached hydrogen (secondary N) is 1. The Kier molecular flexibility index (Phi) is 5.37. The van der Waals surface area contributed by atoms with Crippen LogP contribution in [0.2, 0.25) is 0 Å². The third-order valence-electron chi connectivity index (χ3n) is 5.84. The van der Waals surface area contributed by atoms with Crippen LogP contribution in [0.3, 0.4) is 0 Å². The van der Waals surface area contributed by atoms with Crippen molar-refractivity contribution in [3.05, 3.63) is 59.5 Å². The van der Waals surface area contributed by atoms with Crippen molar-refractivity contribution in [3.63, 3.8) is 0 Å². The Morgan fingerprint density at radius 3 is 2.48 bits per heavy atom. The number of hydrogen-bond acceptors (Lipinski definition) is 4. The zero-order valence-corrected chi connectivity index (χ0v) is 17.6. The van der Waals surface area contributed by atoms with E-state index in [-0.39, 0.29) is 5.91 Å². The van der Waals surface area contributed by atoms with E-state index in [0.29, 0.717) is 23.4 Å². The zero-order valence-electron chi connectivity index (χ0n) is 17.6. The molecule has 1 aliphatic heterocycles. The van der Waals surface area contributed by atoms with E-state index in [2.05, 4.69) is 60.2 Å². The molecule has 3 aromatic rings. The van der Waals surface area contributed by atoms with Gasteiger partial charge in [-0.1, -0.05) is 26.0 Å². The lowest BCUT2D eigenvalue weighted by Crippen LogP contribution is -2.28. The second-order valence-electron chi connectivity index (χ2n) is 8.51. The van der Waals surface area contributed by atoms with Crippen LogP contribution in [0.4, 0.5) is 5.69 Å². The van der Waals surface area contributed by atoms with Crippen LogP contribution in [0.5, 0.6) is 0 Å². The van der Waals surface area contributed by atoms with Gasteiger partial charge in [0.1, 0.15) is 5.82 Å². The lowest BCUT2D eigenvalue weighted by Gasteiger charge is -2.19. The number of carbonyl (C=O) groups is 1. The van der Waals surface area contributed by atoms with Crippen LogP contribution < -0.4 is 5.32 Å². The molecule has 1 atom stereocenters. The van der Waals surface area contributed by atoms with Crippen molar-refractivity contribution in [2.45, 2.75) is 52.0 Å². The van der Waals surface area contributed by atoms with Gasteiger partial charge in [-0.3, -0.25) is 9.20 Å². The Bertz CT molecular complexity index is 1010. The summed E-state index contributed by atoms with van der Waals surface area (Å²) in [5, 5.41) is 11.7. The Hall–Kier alpha value is -2.73. The molecule has 152 valence electrons. The maximum Gasteiger partial charge on any atom is 0.257 e. The minimum atomic E-state index is -0.126. The third kappa shape index (κ3) is 4.03. The molecule has 6 heteroatoms. The van der Waals surface area contributed by atoms with Gasteiger partial charge in [-0.2, -0.15) is 0 Å². The average molecular weight is 392 g/mol. The third-order valence-corrected chi connectivity index (χ3v) is 5.84. The van der Waals surface area contributed by atoms with Crippen LogP contribution >= 0.6 is 0 Å². The van der Waals surface area contributed by atoms with Crippen molar-refractivity contribution in [3.8, 4) is 0 Å². The fourth-order valence-electron chi connectivity index (χ4n) is 3.94. The second-order valence-corrected chi connectivity index (χ2v) is 8.51. The SMILES string of the molecule is CC(C)c1ccc(NC(=O)c2ccc3nnc(C4CCN(C(C)C)C4)n3c2)cc1. The molecule has 2 aromatic heterocycles. The van der Waals surface area contributed by atoms with E-state index in [1.165, 1.54) is 5.56 Å². The van der Waals surface area contributed by atoms with E-state index in [0.717, 1.165) is 36.7 Å². The van der Waals surface area contributed by atoms with E-state index in [9.17, 15) is 4.79 Å². The first kappa shape index (κ1) is 19.6. The Morgan fingerprint density at radius 2 is 1.83 bits per heavy atom. The van der Waals surface area contributed by atoms with E-state index in [1.54, 1.807) is 6.07 Å². The molecule has 0 bridgehead atoms. The summed E-state index contributed by atoms with van der Waals surface area (Å²) in [7, 11) is 0. The van der Waals surface area contributed by atoms with Crippen molar-refractivity contribution in [1.29, 1.82) is 0 Å². The maximum atomic E-state index is 12.8. The topological polar surface area (TPSA) is 62.5 Å². The number of fused-ring (bicyclic) bond motifs is 1. The van der Waals surface area contributed by atoms with Gasteiger partial charge in [-0.25, -0.2) is 0 Å². The quantitative estimate of drug-likeness (QED) is 0.704. The molecule has 0 saturated carbocycles. The van der Waals surface area contributed by atoms with Crippen molar-refractivity contribution < 1.29 is 4.79 Å². The maximum absolute atomic E-state index is 12.8. The lowest BCUT2D eigenvalue weighted by molar-refractivity contribution is 0.102. The summed E-state index contributed by atoms with van der Waals surface area (Å²) in [6.07, 6.45) is 2.93. The van der Waals surface area contributed by atoms with Crippen molar-refractivity contribution in [2.75, 3.05) is 18.4 Å². The van der Waals surface area contributed by atoms with Gasteiger partial charge in [-0.15, -0.1) is 10.2 Å². The van der Waals surface area contributed by atoms with Gasteiger partial charge in [0, 0.05) is 30.4 Å². The number of aromatic nitrogens is 3. The van der Waals surface area contributed by atoms with Crippen LogP contribution in [0.1, 0.15) is 67.7 Å². The van der Waals surface area contributed by atoms with Gasteiger partial charge in [0.25, 0.3) is 5.91 Å². The highest BCUT2D eigenvalue weighted by molar-refractivity contribution is 6.04. The van der Waals surface area contributed by atoms with Crippen LogP contribution in [0, 0.1) is 0 Å². The summed E-state index contributed by atoms with van der Waals surface area (Å²) in [5.74, 6) is 1.63. The molecule has 1 amide bonds. The predicted octanol–water partition coefficient (Wildman–Crippen LogP) is 4.30. The van der Waals surface area contributed by atoms with Crippen LogP contribution in [0.15, 0.2) is 42.6 Å². The van der Waals surface area contributed by atoms with Crippen molar-refractivity contribution >= 4 is 17.2 Å². The van der Waals surface area contributed by atoms with Gasteiger partial charge in [0.05, 0.1) is 5.56 Å². The summed E-state index contributed by atoms with van der Waals surface area (Å²) in [6, 6.07) is 12.2. The smallest absolute Gasteiger partial charge is 0.257 e. The molecular formula is C23H29N5O. The number of rotatable bonds is 5. The fraction of sp³-hybridized carbons (Fsp3) is 0.435. The summed E-state index contributed by atoms with van der Waals surface area (Å²) >= 11 is 0. The first-order valence-corrected chi connectivity index (χ1v) is 10.4. The molecule has 3 heterocycles. The van der Waals surface area contributed by atoms with Crippen LogP contribution in [-0.2, 0) is 0 Å². The Balaban J connectivity index is 1.54. The van der Waals surface area contributed by atoms with Gasteiger partial charge >= 0.3 is 0 Å². The highest BCUT2D eigenvalue weighted by atomic mass is 16.1. The molecule has 1 fully saturated rings. The summed E-state index contributed by atoms with van der Waals surface area (Å²) in [4.78, 5) is 15.3. The Labute approximate surface area is 171 Å². The second kappa shape index (κ2) is 7.95. The predicted molar refractivity (Wildman–Crippen MR) is 116 cm³/mol. The van der Waals surface area contributed by atoms with Gasteiger partial charge in [0.15, 0.2) is 5.65 Å². The molecule has 0 aliphatic carbocycles. The van der Waals surface area contributed by atoms with Crippen molar-refractivity contribution in [1.82, 2.24) is 19.5 Å². The number of nitrogens with zero attached hydrogens (tertiary/aromatic N) is 4. The number of anilines is 1. The molecule has 0 spiro atoms. The molecule has 0 radical (unpaired) electrons. The van der Waals surface area contributed by atoms with Crippen LogP contribution in [0.25, 0.3) is 5.65 Å². The average Bonchev–Trinajstić information content (AvgIpc) is 3.34. The van der Waals surface area contributed by atoms with E-state index < -0.39 is 0 Å². The van der Waals surface area contributed by atoms with Crippen LogP contribution in [-0.4, -0.2) is 44.5 Å². The number of pyridine rings is 1. The van der Waals surface area contributed by atoms with E-state index >= 15 is 0 Å². The minimum Gasteiger partial charge on any atom is -0.322 e. The van der Waals surface area contributed by atoms with Crippen molar-refractivity contribution in [2.24, 2.45) is 0 Å². The molecule has 1 N–H and O–H groups in total. The number of benzene rings is 1. The normalized spacial score (nSPS) is 17.5. The number of likely N-dealkylation sites (tertiary alicyclic amines) is 1. The highest BCUT2D eigenvalue weighted by Crippen LogP contribution is 2.27. The first-order valence-electron chi connectivity index (χ1n) is 10.4. The monoisotopic (exact) mass is 391 g/mol. The molecule has 1 aromatic carbocycles. The molecular weight excluding hydrogens is 362 g/mol. The standard InChI is InChI=1S/C23H29N5O/c1-15(2)17-5-8-20(9-6-17)24-23(29)19-7-10-21-25-26-22(28(21)14-19)18-11-12-27(13-18)16(3)4/h5-10,14-16,18H,11-13H2,1-4H3,(H,24,29). The number of amides is 1. The molecule has 1 unspecified atom stereocenters. The molecule has 4 rings (SSSR count). The number of hydrogen-bond donors (Lipinski definition) is 1. The van der Waals surface area contributed by atoms with E-state index in [1.807, 2.05) is 28.8 Å². The summed E-state index contributed by atoms with van der Waals surface area (Å²) < 4.78 is 1.98. The zero-order chi connectivity index (χ0) is 20.5. The summed E-state index contributed by atoms with van der Waals surface area (Å²) in [5.41, 5.74) is 3.43. The summed E-state index contributed by atoms with van der Waals surface area (Å²) in [6.45, 7) is 10.8. The largest absolute Gasteiger partial charge is 0.322 e. The molecule has 6 nitrogen and oxygen atoms in total. The fourth-order valence-corrected chi connectivity index (χ4v) is 3.94. The first-order chi connectivity index (χ1) is 13.9. The van der Waals surface area contributed by atoms with Gasteiger partial charge in [0.2, 0.25) is 0 Å². The lowest BCUT2D eigenvalue weighted by atomic mass is 10.0.